The van der Waals surface area contributed by atoms with E-state index in [1.54, 1.807) is 11.3 Å². The van der Waals surface area contributed by atoms with Gasteiger partial charge in [-0.05, 0) is 12.8 Å². The maximum absolute atomic E-state index is 5.96. The molecule has 0 aromatic carbocycles. The standard InChI is InChI=1S/C11H17N5OS/c1-2-8(12)5-9-15-16-10(7-3-4-17-6-7)13-14-11(16)18-9/h7-8H,2-6,12H2,1H3. The third-order valence-corrected chi connectivity index (χ3v) is 4.23. The van der Waals surface area contributed by atoms with E-state index in [-0.39, 0.29) is 6.04 Å². The smallest absolute Gasteiger partial charge is 0.234 e. The first kappa shape index (κ1) is 12.0. The van der Waals surface area contributed by atoms with Crippen molar-refractivity contribution >= 4 is 16.3 Å². The molecule has 3 rings (SSSR count). The van der Waals surface area contributed by atoms with E-state index in [0.29, 0.717) is 5.92 Å². The van der Waals surface area contributed by atoms with E-state index in [9.17, 15) is 0 Å². The highest BCUT2D eigenvalue weighted by atomic mass is 32.1. The van der Waals surface area contributed by atoms with Crippen LogP contribution in [0.15, 0.2) is 0 Å². The summed E-state index contributed by atoms with van der Waals surface area (Å²) in [4.78, 5) is 0.857. The van der Waals surface area contributed by atoms with Crippen LogP contribution in [0.5, 0.6) is 0 Å². The normalized spacial score (nSPS) is 21.8. The Bertz CT molecular complexity index is 531. The van der Waals surface area contributed by atoms with E-state index in [1.165, 1.54) is 0 Å². The molecule has 3 heterocycles. The van der Waals surface area contributed by atoms with Crippen molar-refractivity contribution in [2.45, 2.75) is 38.1 Å². The minimum absolute atomic E-state index is 0.173. The quantitative estimate of drug-likeness (QED) is 0.893. The van der Waals surface area contributed by atoms with Crippen LogP contribution in [0.2, 0.25) is 0 Å². The first-order valence-electron chi connectivity index (χ1n) is 6.32. The average Bonchev–Trinajstić information content (AvgIpc) is 3.03. The fourth-order valence-corrected chi connectivity index (χ4v) is 3.05. The topological polar surface area (TPSA) is 78.3 Å². The number of nitrogens with zero attached hydrogens (tertiary/aromatic N) is 4. The van der Waals surface area contributed by atoms with Crippen molar-refractivity contribution in [1.29, 1.82) is 0 Å². The first-order chi connectivity index (χ1) is 8.78. The molecule has 7 heteroatoms. The van der Waals surface area contributed by atoms with Gasteiger partial charge in [-0.2, -0.15) is 9.61 Å². The van der Waals surface area contributed by atoms with Crippen molar-refractivity contribution in [3.63, 3.8) is 0 Å². The predicted octanol–water partition coefficient (Wildman–Crippen LogP) is 0.969. The molecule has 1 fully saturated rings. The second-order valence-corrected chi connectivity index (χ2v) is 5.72. The summed E-state index contributed by atoms with van der Waals surface area (Å²) in [6.45, 7) is 3.62. The number of fused-ring (bicyclic) bond motifs is 1. The van der Waals surface area contributed by atoms with Crippen LogP contribution in [0.1, 0.15) is 36.5 Å². The largest absolute Gasteiger partial charge is 0.381 e. The molecule has 2 unspecified atom stereocenters. The number of ether oxygens (including phenoxy) is 1. The summed E-state index contributed by atoms with van der Waals surface area (Å²) in [7, 11) is 0. The molecule has 0 amide bonds. The van der Waals surface area contributed by atoms with Crippen LogP contribution in [-0.4, -0.2) is 39.1 Å². The SMILES string of the molecule is CCC(N)Cc1nn2c(C3CCOC3)nnc2s1. The summed E-state index contributed by atoms with van der Waals surface area (Å²) >= 11 is 1.58. The molecule has 0 spiro atoms. The molecule has 1 aliphatic rings. The van der Waals surface area contributed by atoms with Crippen LogP contribution in [-0.2, 0) is 11.2 Å². The minimum Gasteiger partial charge on any atom is -0.381 e. The van der Waals surface area contributed by atoms with Crippen molar-refractivity contribution in [2.24, 2.45) is 5.73 Å². The maximum atomic E-state index is 5.96. The van der Waals surface area contributed by atoms with Gasteiger partial charge in [-0.15, -0.1) is 10.2 Å². The zero-order chi connectivity index (χ0) is 12.5. The number of hydrogen-bond acceptors (Lipinski definition) is 6. The highest BCUT2D eigenvalue weighted by molar-refractivity contribution is 7.16. The monoisotopic (exact) mass is 267 g/mol. The summed E-state index contributed by atoms with van der Waals surface area (Å²) in [6.07, 6.45) is 2.77. The Hall–Kier alpha value is -1.05. The van der Waals surface area contributed by atoms with Gasteiger partial charge in [-0.1, -0.05) is 18.3 Å². The number of aromatic nitrogens is 4. The van der Waals surface area contributed by atoms with Gasteiger partial charge in [0.05, 0.1) is 6.61 Å². The van der Waals surface area contributed by atoms with Gasteiger partial charge in [-0.3, -0.25) is 0 Å². The summed E-state index contributed by atoms with van der Waals surface area (Å²) < 4.78 is 7.26. The van der Waals surface area contributed by atoms with E-state index in [1.807, 2.05) is 4.52 Å². The fourth-order valence-electron chi connectivity index (χ4n) is 2.12. The lowest BCUT2D eigenvalue weighted by Gasteiger charge is -2.04. The zero-order valence-electron chi connectivity index (χ0n) is 10.4. The van der Waals surface area contributed by atoms with E-state index >= 15 is 0 Å². The molecule has 18 heavy (non-hydrogen) atoms. The molecule has 2 atom stereocenters. The van der Waals surface area contributed by atoms with Crippen molar-refractivity contribution in [1.82, 2.24) is 19.8 Å². The Labute approximate surface area is 109 Å². The molecular formula is C11H17N5OS. The van der Waals surface area contributed by atoms with E-state index in [0.717, 1.165) is 48.3 Å². The molecule has 0 saturated carbocycles. The van der Waals surface area contributed by atoms with Crippen LogP contribution in [0.4, 0.5) is 0 Å². The van der Waals surface area contributed by atoms with Gasteiger partial charge in [0.1, 0.15) is 5.01 Å². The molecule has 2 aromatic rings. The fraction of sp³-hybridized carbons (Fsp3) is 0.727. The Balaban J connectivity index is 1.88. The van der Waals surface area contributed by atoms with Gasteiger partial charge in [-0.25, -0.2) is 0 Å². The van der Waals surface area contributed by atoms with E-state index in [2.05, 4.69) is 22.2 Å². The van der Waals surface area contributed by atoms with Crippen molar-refractivity contribution < 1.29 is 4.74 Å². The van der Waals surface area contributed by atoms with Gasteiger partial charge in [0.25, 0.3) is 0 Å². The number of nitrogens with two attached hydrogens (primary N) is 1. The summed E-state index contributed by atoms with van der Waals surface area (Å²) in [5.74, 6) is 1.25. The van der Waals surface area contributed by atoms with Crippen molar-refractivity contribution in [3.05, 3.63) is 10.8 Å². The molecule has 2 N–H and O–H groups in total. The molecule has 98 valence electrons. The van der Waals surface area contributed by atoms with Gasteiger partial charge in [0.2, 0.25) is 4.96 Å². The molecule has 6 nitrogen and oxygen atoms in total. The number of rotatable bonds is 4. The Morgan fingerprint density at radius 2 is 2.44 bits per heavy atom. The Morgan fingerprint density at radius 3 is 3.17 bits per heavy atom. The molecule has 0 bridgehead atoms. The number of hydrogen-bond donors (Lipinski definition) is 1. The average molecular weight is 267 g/mol. The molecule has 0 radical (unpaired) electrons. The van der Waals surface area contributed by atoms with Crippen LogP contribution in [0, 0.1) is 0 Å². The van der Waals surface area contributed by atoms with Crippen LogP contribution in [0.25, 0.3) is 4.96 Å². The highest BCUT2D eigenvalue weighted by Crippen LogP contribution is 2.25. The van der Waals surface area contributed by atoms with Crippen molar-refractivity contribution in [3.8, 4) is 0 Å². The second kappa shape index (κ2) is 4.91. The van der Waals surface area contributed by atoms with Gasteiger partial charge in [0.15, 0.2) is 5.82 Å². The summed E-state index contributed by atoms with van der Waals surface area (Å²) in [5, 5.41) is 14.0. The van der Waals surface area contributed by atoms with E-state index < -0.39 is 0 Å². The lowest BCUT2D eigenvalue weighted by Crippen LogP contribution is -2.21. The summed E-state index contributed by atoms with van der Waals surface area (Å²) in [6, 6.07) is 0.173. The molecule has 1 aliphatic heterocycles. The van der Waals surface area contributed by atoms with Gasteiger partial charge >= 0.3 is 0 Å². The van der Waals surface area contributed by atoms with Crippen LogP contribution < -0.4 is 5.73 Å². The zero-order valence-corrected chi connectivity index (χ0v) is 11.2. The molecular weight excluding hydrogens is 250 g/mol. The van der Waals surface area contributed by atoms with Gasteiger partial charge < -0.3 is 10.5 Å². The van der Waals surface area contributed by atoms with Crippen molar-refractivity contribution in [2.75, 3.05) is 13.2 Å². The molecule has 1 saturated heterocycles. The third kappa shape index (κ3) is 2.13. The molecule has 0 aliphatic carbocycles. The van der Waals surface area contributed by atoms with E-state index in [4.69, 9.17) is 10.5 Å². The summed E-state index contributed by atoms with van der Waals surface area (Å²) in [5.41, 5.74) is 5.96. The van der Waals surface area contributed by atoms with Gasteiger partial charge in [0, 0.05) is 25.0 Å². The second-order valence-electron chi connectivity index (χ2n) is 4.68. The maximum Gasteiger partial charge on any atom is 0.234 e. The third-order valence-electron chi connectivity index (χ3n) is 3.31. The highest BCUT2D eigenvalue weighted by Gasteiger charge is 2.24. The minimum atomic E-state index is 0.173. The molecule has 2 aromatic heterocycles. The van der Waals surface area contributed by atoms with Crippen LogP contribution >= 0.6 is 11.3 Å². The first-order valence-corrected chi connectivity index (χ1v) is 7.14. The lowest BCUT2D eigenvalue weighted by molar-refractivity contribution is 0.193. The lowest BCUT2D eigenvalue weighted by atomic mass is 10.1. The Kier molecular flexibility index (Phi) is 3.27. The van der Waals surface area contributed by atoms with Crippen LogP contribution in [0.3, 0.4) is 0 Å². The Morgan fingerprint density at radius 1 is 1.56 bits per heavy atom. The predicted molar refractivity (Wildman–Crippen MR) is 68.8 cm³/mol.